The van der Waals surface area contributed by atoms with Gasteiger partial charge in [-0.05, 0) is 57.6 Å². The molecule has 4 amide bonds. The first kappa shape index (κ1) is 35.7. The lowest BCUT2D eigenvalue weighted by atomic mass is 9.98. The monoisotopic (exact) mass is 743 g/mol. The summed E-state index contributed by atoms with van der Waals surface area (Å²) >= 11 is 12.2. The minimum Gasteiger partial charge on any atom is -0.333 e. The van der Waals surface area contributed by atoms with E-state index < -0.39 is 18.2 Å². The van der Waals surface area contributed by atoms with E-state index in [-0.39, 0.29) is 43.7 Å². The molecule has 0 bridgehead atoms. The summed E-state index contributed by atoms with van der Waals surface area (Å²) in [5, 5.41) is 8.94. The van der Waals surface area contributed by atoms with Gasteiger partial charge < -0.3 is 15.1 Å². The van der Waals surface area contributed by atoms with E-state index in [1.54, 1.807) is 64.3 Å². The molecule has 1 N–H and O–H groups in total. The Balaban J connectivity index is 1.13. The molecule has 5 aromatic carbocycles. The zero-order chi connectivity index (χ0) is 37.1. The molecule has 53 heavy (non-hydrogen) atoms. The average molecular weight is 745 g/mol. The minimum absolute atomic E-state index is 0.0722. The fraction of sp³-hybridized carbons (Fsp3) is 0.190. The molecule has 0 radical (unpaired) electrons. The molecule has 0 aromatic heterocycles. The molecular formula is C42H35Cl2N5O4. The van der Waals surface area contributed by atoms with Gasteiger partial charge in [0.1, 0.15) is 12.2 Å². The number of nitrogens with one attached hydrogen (secondary N) is 1. The lowest BCUT2D eigenvalue weighted by Crippen LogP contribution is -2.65. The number of benzene rings is 5. The van der Waals surface area contributed by atoms with Crippen LogP contribution in [0.1, 0.15) is 32.6 Å². The SMILES string of the molecule is CN(C(=O)NCc1ccc(Cl)c(Cl)c1)N1CC(=O)N2[C@@H](Cc3ccc(C#CC(=O)c4ccccc4)cc3)C(=O)N(Cc3cccc4ccccc34)C[C@@H]21. The number of piperazine rings is 1. The highest BCUT2D eigenvalue weighted by Crippen LogP contribution is 2.31. The smallest absolute Gasteiger partial charge is 0.332 e. The number of urea groups is 1. The van der Waals surface area contributed by atoms with Gasteiger partial charge in [0.2, 0.25) is 17.6 Å². The van der Waals surface area contributed by atoms with Crippen molar-refractivity contribution in [3.05, 3.63) is 153 Å². The average Bonchev–Trinajstić information content (AvgIpc) is 3.51. The van der Waals surface area contributed by atoms with Gasteiger partial charge >= 0.3 is 6.03 Å². The Morgan fingerprint density at radius 1 is 0.849 bits per heavy atom. The number of rotatable bonds is 8. The van der Waals surface area contributed by atoms with E-state index >= 15 is 0 Å². The van der Waals surface area contributed by atoms with Gasteiger partial charge in [-0.25, -0.2) is 4.79 Å². The fourth-order valence-corrected chi connectivity index (χ4v) is 7.20. The zero-order valence-corrected chi connectivity index (χ0v) is 30.3. The standard InChI is InChI=1S/C42H35Cl2N5O4/c1-46(42(53)45-24-30-18-20-35(43)36(44)22-30)48-27-40(51)49-37(23-29-16-14-28(15-17-29)19-21-38(50)32-9-3-2-4-10-32)41(52)47(26-39(48)49)25-33-12-7-11-31-8-5-6-13-34(31)33/h2-18,20,22,37,39H,23-27H2,1H3,(H,45,53)/t37-,39+/m0/s1. The summed E-state index contributed by atoms with van der Waals surface area (Å²) in [5.74, 6) is 4.93. The van der Waals surface area contributed by atoms with Crippen LogP contribution in [-0.2, 0) is 29.1 Å². The number of carbonyl (C=O) groups is 4. The van der Waals surface area contributed by atoms with Crippen LogP contribution >= 0.6 is 23.2 Å². The van der Waals surface area contributed by atoms with E-state index in [4.69, 9.17) is 23.2 Å². The van der Waals surface area contributed by atoms with Crippen LogP contribution in [0.5, 0.6) is 0 Å². The van der Waals surface area contributed by atoms with Crippen molar-refractivity contribution in [1.29, 1.82) is 0 Å². The fourth-order valence-electron chi connectivity index (χ4n) is 6.88. The van der Waals surface area contributed by atoms with Gasteiger partial charge in [-0.1, -0.05) is 120 Å². The summed E-state index contributed by atoms with van der Waals surface area (Å²) in [4.78, 5) is 57.6. The van der Waals surface area contributed by atoms with Crippen LogP contribution < -0.4 is 5.32 Å². The zero-order valence-electron chi connectivity index (χ0n) is 28.8. The molecule has 2 fully saturated rings. The van der Waals surface area contributed by atoms with E-state index in [1.807, 2.05) is 72.8 Å². The first-order valence-electron chi connectivity index (χ1n) is 17.2. The highest BCUT2D eigenvalue weighted by atomic mass is 35.5. The molecule has 2 saturated heterocycles. The van der Waals surface area contributed by atoms with Gasteiger partial charge in [0.25, 0.3) is 0 Å². The highest BCUT2D eigenvalue weighted by Gasteiger charge is 2.51. The minimum atomic E-state index is -0.814. The van der Waals surface area contributed by atoms with E-state index in [2.05, 4.69) is 17.2 Å². The third-order valence-corrected chi connectivity index (χ3v) is 10.4. The Bertz CT molecular complexity index is 2270. The normalized spacial score (nSPS) is 17.0. The number of Topliss-reactive ketones (excluding diaryl/α,β-unsaturated/α-hetero) is 1. The van der Waals surface area contributed by atoms with E-state index in [9.17, 15) is 19.2 Å². The number of hydrogen-bond acceptors (Lipinski definition) is 5. The number of amides is 4. The second-order valence-corrected chi connectivity index (χ2v) is 13.8. The molecule has 2 aliphatic heterocycles. The van der Waals surface area contributed by atoms with Crippen LogP contribution in [0, 0.1) is 11.8 Å². The Morgan fingerprint density at radius 2 is 1.57 bits per heavy atom. The molecule has 9 nitrogen and oxygen atoms in total. The summed E-state index contributed by atoms with van der Waals surface area (Å²) in [7, 11) is 1.61. The number of ketones is 1. The maximum Gasteiger partial charge on any atom is 0.332 e. The Labute approximate surface area is 317 Å². The second kappa shape index (κ2) is 15.5. The number of nitrogens with zero attached hydrogens (tertiary/aromatic N) is 4. The molecule has 7 rings (SSSR count). The van der Waals surface area contributed by atoms with Crippen LogP contribution in [0.3, 0.4) is 0 Å². The number of hydrazine groups is 1. The largest absolute Gasteiger partial charge is 0.333 e. The van der Waals surface area contributed by atoms with Crippen molar-refractivity contribution < 1.29 is 19.2 Å². The molecule has 2 aliphatic rings. The molecule has 2 heterocycles. The summed E-state index contributed by atoms with van der Waals surface area (Å²) in [6, 6.07) is 34.2. The third kappa shape index (κ3) is 7.76. The maximum atomic E-state index is 14.4. The second-order valence-electron chi connectivity index (χ2n) is 13.0. The van der Waals surface area contributed by atoms with Crippen molar-refractivity contribution in [2.75, 3.05) is 20.1 Å². The van der Waals surface area contributed by atoms with Crippen molar-refractivity contribution in [3.8, 4) is 11.8 Å². The van der Waals surface area contributed by atoms with Crippen molar-refractivity contribution in [3.63, 3.8) is 0 Å². The predicted molar refractivity (Wildman–Crippen MR) is 205 cm³/mol. The molecule has 266 valence electrons. The molecule has 0 unspecified atom stereocenters. The van der Waals surface area contributed by atoms with Crippen molar-refractivity contribution in [1.82, 2.24) is 25.1 Å². The topological polar surface area (TPSA) is 93.3 Å². The highest BCUT2D eigenvalue weighted by molar-refractivity contribution is 6.42. The van der Waals surface area contributed by atoms with Gasteiger partial charge in [0.15, 0.2) is 0 Å². The molecule has 0 saturated carbocycles. The lowest BCUT2D eigenvalue weighted by Gasteiger charge is -2.46. The van der Waals surface area contributed by atoms with Crippen molar-refractivity contribution in [2.24, 2.45) is 0 Å². The Morgan fingerprint density at radius 3 is 2.34 bits per heavy atom. The van der Waals surface area contributed by atoms with Crippen LogP contribution in [0.2, 0.25) is 10.0 Å². The Kier molecular flexibility index (Phi) is 10.5. The molecule has 5 aromatic rings. The van der Waals surface area contributed by atoms with Crippen LogP contribution in [-0.4, -0.2) is 75.8 Å². The summed E-state index contributed by atoms with van der Waals surface area (Å²) in [6.07, 6.45) is -0.333. The van der Waals surface area contributed by atoms with E-state index in [0.717, 1.165) is 27.5 Å². The summed E-state index contributed by atoms with van der Waals surface area (Å²) in [6.45, 7) is 0.668. The quantitative estimate of drug-likeness (QED) is 0.144. The molecule has 2 atom stereocenters. The van der Waals surface area contributed by atoms with Crippen LogP contribution in [0.15, 0.2) is 115 Å². The molecular weight excluding hydrogens is 709 g/mol. The predicted octanol–water partition coefficient (Wildman–Crippen LogP) is 6.56. The van der Waals surface area contributed by atoms with Gasteiger partial charge in [0, 0.05) is 37.7 Å². The van der Waals surface area contributed by atoms with Gasteiger partial charge in [-0.15, -0.1) is 0 Å². The lowest BCUT2D eigenvalue weighted by molar-refractivity contribution is -0.157. The first-order valence-corrected chi connectivity index (χ1v) is 17.9. The van der Waals surface area contributed by atoms with Gasteiger partial charge in [0.05, 0.1) is 23.1 Å². The molecule has 0 aliphatic carbocycles. The third-order valence-electron chi connectivity index (χ3n) is 9.65. The number of carbonyl (C=O) groups excluding carboxylic acids is 4. The summed E-state index contributed by atoms with van der Waals surface area (Å²) < 4.78 is 0. The van der Waals surface area contributed by atoms with E-state index in [0.29, 0.717) is 27.7 Å². The molecule has 0 spiro atoms. The number of hydrogen-bond donors (Lipinski definition) is 1. The van der Waals surface area contributed by atoms with E-state index in [1.165, 1.54) is 5.01 Å². The number of halogens is 2. The molecule has 11 heteroatoms. The summed E-state index contributed by atoms with van der Waals surface area (Å²) in [5.41, 5.74) is 3.76. The first-order chi connectivity index (χ1) is 25.7. The van der Waals surface area contributed by atoms with Crippen molar-refractivity contribution >= 4 is 57.6 Å². The maximum absolute atomic E-state index is 14.4. The number of fused-ring (bicyclic) bond motifs is 2. The van der Waals surface area contributed by atoms with Crippen LogP contribution in [0.4, 0.5) is 4.79 Å². The Hall–Kier alpha value is -5.66. The van der Waals surface area contributed by atoms with Crippen LogP contribution in [0.25, 0.3) is 10.8 Å². The van der Waals surface area contributed by atoms with Gasteiger partial charge in [-0.3, -0.25) is 19.4 Å². The van der Waals surface area contributed by atoms with Gasteiger partial charge in [-0.2, -0.15) is 5.01 Å². The van der Waals surface area contributed by atoms with Crippen molar-refractivity contribution in [2.45, 2.75) is 31.7 Å².